The van der Waals surface area contributed by atoms with Crippen molar-refractivity contribution in [1.29, 1.82) is 0 Å². The molecule has 4 atom stereocenters. The fourth-order valence-electron chi connectivity index (χ4n) is 8.70. The smallest absolute Gasteiger partial charge is 0.343 e. The number of hydrogen-bond acceptors (Lipinski definition) is 6. The Labute approximate surface area is 305 Å². The summed E-state index contributed by atoms with van der Waals surface area (Å²) in [6.07, 6.45) is 41.8. The van der Waals surface area contributed by atoms with Crippen molar-refractivity contribution in [2.45, 2.75) is 250 Å². The minimum absolute atomic E-state index is 0.323. The zero-order valence-corrected chi connectivity index (χ0v) is 33.2. The van der Waals surface area contributed by atoms with Crippen LogP contribution in [0.15, 0.2) is 0 Å². The summed E-state index contributed by atoms with van der Waals surface area (Å²) in [7, 11) is 0. The van der Waals surface area contributed by atoms with Gasteiger partial charge in [-0.2, -0.15) is 0 Å². The molecule has 290 valence electrons. The van der Waals surface area contributed by atoms with Gasteiger partial charge in [0.1, 0.15) is 5.72 Å². The minimum atomic E-state index is -1.09. The maximum absolute atomic E-state index is 13.2. The van der Waals surface area contributed by atoms with Crippen LogP contribution in [0.5, 0.6) is 0 Å². The van der Waals surface area contributed by atoms with E-state index in [1.807, 2.05) is 6.92 Å². The number of nitrogens with two attached hydrogens (primary N) is 2. The molecule has 0 bridgehead atoms. The van der Waals surface area contributed by atoms with E-state index in [-0.39, 0.29) is 5.97 Å². The van der Waals surface area contributed by atoms with Gasteiger partial charge in [-0.1, -0.05) is 187 Å². The number of ether oxygens (including phenoxy) is 2. The first-order chi connectivity index (χ1) is 23.9. The molecule has 2 rings (SSSR count). The molecule has 0 amide bonds. The van der Waals surface area contributed by atoms with Crippen molar-refractivity contribution in [1.82, 2.24) is 4.90 Å². The lowest BCUT2D eigenvalue weighted by Crippen LogP contribution is -2.65. The number of fused-ring (bicyclic) bond motifs is 1. The molecular weight excluding hydrogens is 606 g/mol. The molecule has 0 aliphatic carbocycles. The van der Waals surface area contributed by atoms with Crippen molar-refractivity contribution in [3.63, 3.8) is 0 Å². The molecule has 6 heteroatoms. The van der Waals surface area contributed by atoms with Gasteiger partial charge < -0.3 is 20.9 Å². The van der Waals surface area contributed by atoms with Crippen LogP contribution in [0.2, 0.25) is 0 Å². The highest BCUT2D eigenvalue weighted by Crippen LogP contribution is 2.44. The molecule has 4 unspecified atom stereocenters. The van der Waals surface area contributed by atoms with Gasteiger partial charge in [0.2, 0.25) is 6.29 Å². The number of rotatable bonds is 33. The third-order valence-corrected chi connectivity index (χ3v) is 11.8. The van der Waals surface area contributed by atoms with Crippen LogP contribution in [0, 0.1) is 5.92 Å². The Morgan fingerprint density at radius 3 is 1.51 bits per heavy atom. The van der Waals surface area contributed by atoms with Crippen LogP contribution in [0.3, 0.4) is 0 Å². The Hall–Kier alpha value is -0.690. The van der Waals surface area contributed by atoms with E-state index < -0.39 is 17.7 Å². The Morgan fingerprint density at radius 1 is 0.673 bits per heavy atom. The van der Waals surface area contributed by atoms with Gasteiger partial charge in [0, 0.05) is 6.54 Å². The number of cyclic esters (lactones) is 1. The second kappa shape index (κ2) is 27.9. The molecule has 2 saturated heterocycles. The number of carbonyl (C=O) groups is 1. The van der Waals surface area contributed by atoms with Gasteiger partial charge in [-0.3, -0.25) is 0 Å². The fraction of sp³-hybridized carbons (Fsp3) is 0.977. The average molecular weight is 692 g/mol. The Kier molecular flexibility index (Phi) is 25.3. The Morgan fingerprint density at radius 2 is 1.08 bits per heavy atom. The monoisotopic (exact) mass is 692 g/mol. The molecule has 0 aromatic rings. The number of hydrogen-bond donors (Lipinski definition) is 2. The molecular formula is C43H85N3O3. The third kappa shape index (κ3) is 18.1. The zero-order chi connectivity index (χ0) is 35.5. The third-order valence-electron chi connectivity index (χ3n) is 11.8. The highest BCUT2D eigenvalue weighted by molar-refractivity contribution is 5.81. The van der Waals surface area contributed by atoms with Crippen LogP contribution in [-0.2, 0) is 14.3 Å². The van der Waals surface area contributed by atoms with Crippen molar-refractivity contribution in [2.24, 2.45) is 17.4 Å². The van der Waals surface area contributed by atoms with Crippen LogP contribution in [-0.4, -0.2) is 41.6 Å². The van der Waals surface area contributed by atoms with E-state index in [4.69, 9.17) is 20.9 Å². The standard InChI is InChI=1S/C43H85N3O3/c1-4-6-8-10-12-14-16-18-20-22-24-26-28-30-33-40(38-44)37-42(46-36-32-35-43(46,45)41(47)48-39(3)49-42)34-31-29-27-25-23-21-19-17-15-13-11-9-7-5-2/h39-40H,4-38,44-45H2,1-3H3. The van der Waals surface area contributed by atoms with E-state index in [1.54, 1.807) is 0 Å². The number of unbranched alkanes of at least 4 members (excludes halogenated alkanes) is 26. The molecule has 2 aliphatic rings. The number of carbonyl (C=O) groups excluding carboxylic acids is 1. The second-order valence-corrected chi connectivity index (χ2v) is 16.3. The predicted molar refractivity (Wildman–Crippen MR) is 209 cm³/mol. The lowest BCUT2D eigenvalue weighted by molar-refractivity contribution is -0.238. The van der Waals surface area contributed by atoms with Crippen molar-refractivity contribution >= 4 is 5.97 Å². The maximum Gasteiger partial charge on any atom is 0.343 e. The zero-order valence-electron chi connectivity index (χ0n) is 33.2. The van der Waals surface area contributed by atoms with Gasteiger partial charge >= 0.3 is 5.97 Å². The van der Waals surface area contributed by atoms with Gasteiger partial charge in [-0.25, -0.2) is 9.69 Å². The topological polar surface area (TPSA) is 90.8 Å². The van der Waals surface area contributed by atoms with Gasteiger partial charge in [0.15, 0.2) is 5.66 Å². The summed E-state index contributed by atoms with van der Waals surface area (Å²) in [6.45, 7) is 7.89. The van der Waals surface area contributed by atoms with Gasteiger partial charge in [-0.15, -0.1) is 0 Å². The molecule has 6 nitrogen and oxygen atoms in total. The van der Waals surface area contributed by atoms with Crippen LogP contribution in [0.4, 0.5) is 0 Å². The molecule has 2 fully saturated rings. The van der Waals surface area contributed by atoms with E-state index >= 15 is 0 Å². The Bertz CT molecular complexity index is 796. The van der Waals surface area contributed by atoms with Crippen LogP contribution >= 0.6 is 0 Å². The van der Waals surface area contributed by atoms with Gasteiger partial charge in [0.05, 0.1) is 0 Å². The summed E-state index contributed by atoms with van der Waals surface area (Å²) >= 11 is 0. The first kappa shape index (κ1) is 44.5. The normalized spacial score (nSPS) is 23.4. The van der Waals surface area contributed by atoms with E-state index in [2.05, 4.69) is 18.7 Å². The summed E-state index contributed by atoms with van der Waals surface area (Å²) in [5.41, 5.74) is 11.7. The lowest BCUT2D eigenvalue weighted by Gasteiger charge is -2.47. The van der Waals surface area contributed by atoms with Crippen molar-refractivity contribution in [3.8, 4) is 0 Å². The molecule has 0 radical (unpaired) electrons. The first-order valence-corrected chi connectivity index (χ1v) is 22.1. The van der Waals surface area contributed by atoms with E-state index in [1.165, 1.54) is 173 Å². The summed E-state index contributed by atoms with van der Waals surface area (Å²) in [5, 5.41) is 0. The first-order valence-electron chi connectivity index (χ1n) is 22.1. The summed E-state index contributed by atoms with van der Waals surface area (Å²) in [4.78, 5) is 15.4. The molecule has 2 heterocycles. The van der Waals surface area contributed by atoms with Crippen LogP contribution in [0.1, 0.15) is 233 Å². The molecule has 0 spiro atoms. The second-order valence-electron chi connectivity index (χ2n) is 16.3. The Balaban J connectivity index is 1.74. The largest absolute Gasteiger partial charge is 0.434 e. The minimum Gasteiger partial charge on any atom is -0.434 e. The molecule has 0 aromatic carbocycles. The molecule has 2 aliphatic heterocycles. The van der Waals surface area contributed by atoms with Crippen molar-refractivity contribution in [2.75, 3.05) is 13.1 Å². The SMILES string of the molecule is CCCCCCCCCCCCCCCCC(CN)CC1(CCCCCCCCCCCCCCCC)OC(C)OC(=O)C2(N)CCCN12. The van der Waals surface area contributed by atoms with E-state index in [9.17, 15) is 4.79 Å². The predicted octanol–water partition coefficient (Wildman–Crippen LogP) is 12.1. The number of nitrogens with zero attached hydrogens (tertiary/aromatic N) is 1. The quantitative estimate of drug-likeness (QED) is 0.0526. The molecule has 49 heavy (non-hydrogen) atoms. The summed E-state index contributed by atoms with van der Waals surface area (Å²) in [6, 6.07) is 0. The maximum atomic E-state index is 13.2. The van der Waals surface area contributed by atoms with Crippen molar-refractivity contribution < 1.29 is 14.3 Å². The van der Waals surface area contributed by atoms with Gasteiger partial charge in [-0.05, 0) is 57.9 Å². The summed E-state index contributed by atoms with van der Waals surface area (Å²) in [5.74, 6) is 0.0332. The molecule has 0 saturated carbocycles. The van der Waals surface area contributed by atoms with Crippen molar-refractivity contribution in [3.05, 3.63) is 0 Å². The van der Waals surface area contributed by atoms with Crippen LogP contribution in [0.25, 0.3) is 0 Å². The number of esters is 1. The molecule has 4 N–H and O–H groups in total. The van der Waals surface area contributed by atoms with Gasteiger partial charge in [0.25, 0.3) is 0 Å². The lowest BCUT2D eigenvalue weighted by atomic mass is 9.86. The fourth-order valence-corrected chi connectivity index (χ4v) is 8.70. The summed E-state index contributed by atoms with van der Waals surface area (Å²) < 4.78 is 12.5. The highest BCUT2D eigenvalue weighted by Gasteiger charge is 2.58. The van der Waals surface area contributed by atoms with Crippen LogP contribution < -0.4 is 11.5 Å². The molecule has 0 aromatic heterocycles. The van der Waals surface area contributed by atoms with E-state index in [0.717, 1.165) is 38.6 Å². The average Bonchev–Trinajstić information content (AvgIpc) is 3.48. The highest BCUT2D eigenvalue weighted by atomic mass is 16.7. The van der Waals surface area contributed by atoms with E-state index in [0.29, 0.717) is 18.9 Å².